The fraction of sp³-hybridized carbons (Fsp3) is 0.692. The smallest absolute Gasteiger partial charge is 0.274 e. The van der Waals surface area contributed by atoms with Gasteiger partial charge in [0.25, 0.3) is 5.91 Å². The highest BCUT2D eigenvalue weighted by molar-refractivity contribution is 5.92. The van der Waals surface area contributed by atoms with Crippen LogP contribution in [0.1, 0.15) is 23.3 Å². The lowest BCUT2D eigenvalue weighted by Gasteiger charge is -2.21. The monoisotopic (exact) mass is 265 g/mol. The number of nitrogens with two attached hydrogens (primary N) is 1. The molecule has 0 unspecified atom stereocenters. The van der Waals surface area contributed by atoms with Gasteiger partial charge in [-0.1, -0.05) is 0 Å². The third-order valence-electron chi connectivity index (χ3n) is 3.48. The van der Waals surface area contributed by atoms with Crippen molar-refractivity contribution in [3.05, 3.63) is 18.2 Å². The Morgan fingerprint density at radius 3 is 2.89 bits per heavy atom. The maximum Gasteiger partial charge on any atom is 0.274 e. The van der Waals surface area contributed by atoms with Crippen molar-refractivity contribution in [2.45, 2.75) is 12.8 Å². The molecule has 2 heterocycles. The van der Waals surface area contributed by atoms with Gasteiger partial charge in [0.05, 0.1) is 6.33 Å². The first-order valence-electron chi connectivity index (χ1n) is 6.90. The van der Waals surface area contributed by atoms with Crippen LogP contribution in [-0.2, 0) is 7.05 Å². The zero-order valence-corrected chi connectivity index (χ0v) is 11.6. The van der Waals surface area contributed by atoms with E-state index in [0.29, 0.717) is 5.69 Å². The average molecular weight is 265 g/mol. The van der Waals surface area contributed by atoms with Crippen LogP contribution in [0.15, 0.2) is 12.5 Å². The van der Waals surface area contributed by atoms with Gasteiger partial charge < -0.3 is 20.1 Å². The van der Waals surface area contributed by atoms with E-state index in [4.69, 9.17) is 5.73 Å². The molecule has 0 bridgehead atoms. The highest BCUT2D eigenvalue weighted by Gasteiger charge is 2.21. The Morgan fingerprint density at radius 1 is 1.37 bits per heavy atom. The second-order valence-corrected chi connectivity index (χ2v) is 5.05. The van der Waals surface area contributed by atoms with Crippen molar-refractivity contribution in [2.24, 2.45) is 12.8 Å². The van der Waals surface area contributed by atoms with Crippen LogP contribution in [0.4, 0.5) is 0 Å². The molecular weight excluding hydrogens is 242 g/mol. The standard InChI is InChI=1S/C13H23N5O/c1-16-10-12(15-11-16)13(19)18-7-3-6-17(8-9-18)5-2-4-14/h10-11H,2-9,14H2,1H3. The van der Waals surface area contributed by atoms with Crippen LogP contribution in [0, 0.1) is 0 Å². The number of aromatic nitrogens is 2. The lowest BCUT2D eigenvalue weighted by Crippen LogP contribution is -2.35. The van der Waals surface area contributed by atoms with Crippen molar-refractivity contribution in [1.82, 2.24) is 19.4 Å². The van der Waals surface area contributed by atoms with E-state index in [9.17, 15) is 4.79 Å². The molecule has 0 radical (unpaired) electrons. The number of amides is 1. The summed E-state index contributed by atoms with van der Waals surface area (Å²) in [5, 5.41) is 0. The van der Waals surface area contributed by atoms with Gasteiger partial charge in [-0.25, -0.2) is 4.98 Å². The van der Waals surface area contributed by atoms with Crippen molar-refractivity contribution < 1.29 is 4.79 Å². The quantitative estimate of drug-likeness (QED) is 0.826. The summed E-state index contributed by atoms with van der Waals surface area (Å²) in [6, 6.07) is 0. The van der Waals surface area contributed by atoms with Gasteiger partial charge in [0.1, 0.15) is 5.69 Å². The summed E-state index contributed by atoms with van der Waals surface area (Å²) in [5.41, 5.74) is 6.08. The first-order chi connectivity index (χ1) is 9.20. The predicted octanol–water partition coefficient (Wildman–Crippen LogP) is -0.0832. The first kappa shape index (κ1) is 14.0. The molecule has 1 aliphatic heterocycles. The van der Waals surface area contributed by atoms with Crippen LogP contribution in [0.2, 0.25) is 0 Å². The van der Waals surface area contributed by atoms with Crippen LogP contribution >= 0.6 is 0 Å². The third-order valence-corrected chi connectivity index (χ3v) is 3.48. The molecule has 0 saturated carbocycles. The molecule has 1 aliphatic rings. The maximum atomic E-state index is 12.3. The van der Waals surface area contributed by atoms with E-state index in [-0.39, 0.29) is 5.91 Å². The van der Waals surface area contributed by atoms with E-state index in [0.717, 1.165) is 52.1 Å². The minimum atomic E-state index is 0.0428. The van der Waals surface area contributed by atoms with Gasteiger partial charge in [0, 0.05) is 32.9 Å². The molecule has 19 heavy (non-hydrogen) atoms. The van der Waals surface area contributed by atoms with E-state index in [1.54, 1.807) is 17.1 Å². The number of rotatable bonds is 4. The highest BCUT2D eigenvalue weighted by atomic mass is 16.2. The van der Waals surface area contributed by atoms with E-state index in [1.165, 1.54) is 0 Å². The van der Waals surface area contributed by atoms with Crippen molar-refractivity contribution >= 4 is 5.91 Å². The molecule has 0 aromatic carbocycles. The van der Waals surface area contributed by atoms with E-state index >= 15 is 0 Å². The number of carbonyl (C=O) groups excluding carboxylic acids is 1. The summed E-state index contributed by atoms with van der Waals surface area (Å²) in [5.74, 6) is 0.0428. The normalized spacial score (nSPS) is 17.5. The summed E-state index contributed by atoms with van der Waals surface area (Å²) in [7, 11) is 1.88. The lowest BCUT2D eigenvalue weighted by atomic mass is 10.3. The van der Waals surface area contributed by atoms with E-state index < -0.39 is 0 Å². The largest absolute Gasteiger partial charge is 0.340 e. The average Bonchev–Trinajstić information content (AvgIpc) is 2.71. The SMILES string of the molecule is Cn1cnc(C(=O)N2CCCN(CCCN)CC2)c1. The van der Waals surface area contributed by atoms with Gasteiger partial charge in [0.2, 0.25) is 0 Å². The fourth-order valence-corrected chi connectivity index (χ4v) is 2.40. The summed E-state index contributed by atoms with van der Waals surface area (Å²) < 4.78 is 1.80. The Bertz CT molecular complexity index is 417. The molecule has 2 rings (SSSR count). The Labute approximate surface area is 114 Å². The predicted molar refractivity (Wildman–Crippen MR) is 73.8 cm³/mol. The molecule has 1 aromatic heterocycles. The minimum absolute atomic E-state index is 0.0428. The first-order valence-corrected chi connectivity index (χ1v) is 6.90. The summed E-state index contributed by atoms with van der Waals surface area (Å²) in [4.78, 5) is 20.7. The summed E-state index contributed by atoms with van der Waals surface area (Å²) in [6.07, 6.45) is 5.48. The van der Waals surface area contributed by atoms with Gasteiger partial charge in [-0.3, -0.25) is 4.79 Å². The van der Waals surface area contributed by atoms with Gasteiger partial charge in [-0.05, 0) is 32.5 Å². The van der Waals surface area contributed by atoms with Crippen molar-refractivity contribution in [1.29, 1.82) is 0 Å². The van der Waals surface area contributed by atoms with Gasteiger partial charge in [0.15, 0.2) is 0 Å². The lowest BCUT2D eigenvalue weighted by molar-refractivity contribution is 0.0756. The second-order valence-electron chi connectivity index (χ2n) is 5.05. The van der Waals surface area contributed by atoms with Gasteiger partial charge >= 0.3 is 0 Å². The van der Waals surface area contributed by atoms with Gasteiger partial charge in [-0.15, -0.1) is 0 Å². The Kier molecular flexibility index (Phi) is 4.93. The molecule has 1 fully saturated rings. The van der Waals surface area contributed by atoms with Crippen LogP contribution in [0.5, 0.6) is 0 Å². The maximum absolute atomic E-state index is 12.3. The van der Waals surface area contributed by atoms with Crippen LogP contribution in [0.3, 0.4) is 0 Å². The minimum Gasteiger partial charge on any atom is -0.340 e. The number of hydrogen-bond acceptors (Lipinski definition) is 4. The van der Waals surface area contributed by atoms with Crippen LogP contribution in [0.25, 0.3) is 0 Å². The molecule has 0 spiro atoms. The number of nitrogens with zero attached hydrogens (tertiary/aromatic N) is 4. The highest BCUT2D eigenvalue weighted by Crippen LogP contribution is 2.08. The number of carbonyl (C=O) groups is 1. The van der Waals surface area contributed by atoms with Crippen molar-refractivity contribution in [2.75, 3.05) is 39.3 Å². The number of imidazole rings is 1. The number of hydrogen-bond donors (Lipinski definition) is 1. The zero-order valence-electron chi connectivity index (χ0n) is 11.6. The van der Waals surface area contributed by atoms with Crippen LogP contribution < -0.4 is 5.73 Å². The van der Waals surface area contributed by atoms with Crippen molar-refractivity contribution in [3.63, 3.8) is 0 Å². The number of aryl methyl sites for hydroxylation is 1. The molecular formula is C13H23N5O. The Hall–Kier alpha value is -1.40. The topological polar surface area (TPSA) is 67.4 Å². The molecule has 0 aliphatic carbocycles. The zero-order chi connectivity index (χ0) is 13.7. The van der Waals surface area contributed by atoms with E-state index in [2.05, 4.69) is 9.88 Å². The Balaban J connectivity index is 1.90. The van der Waals surface area contributed by atoms with Crippen molar-refractivity contribution in [3.8, 4) is 0 Å². The third kappa shape index (κ3) is 3.78. The molecule has 1 saturated heterocycles. The van der Waals surface area contributed by atoms with E-state index in [1.807, 2.05) is 11.9 Å². The summed E-state index contributed by atoms with van der Waals surface area (Å²) >= 11 is 0. The fourth-order valence-electron chi connectivity index (χ4n) is 2.40. The summed E-state index contributed by atoms with van der Waals surface area (Å²) in [6.45, 7) is 5.33. The molecule has 2 N–H and O–H groups in total. The second kappa shape index (κ2) is 6.68. The van der Waals surface area contributed by atoms with Crippen LogP contribution in [-0.4, -0.2) is 64.5 Å². The molecule has 6 heteroatoms. The molecule has 1 aromatic rings. The molecule has 0 atom stereocenters. The molecule has 106 valence electrons. The Morgan fingerprint density at radius 2 is 2.21 bits per heavy atom. The molecule has 1 amide bonds. The van der Waals surface area contributed by atoms with Gasteiger partial charge in [-0.2, -0.15) is 0 Å². The molecule has 6 nitrogen and oxygen atoms in total.